The van der Waals surface area contributed by atoms with Crippen molar-refractivity contribution in [1.82, 2.24) is 5.32 Å². The van der Waals surface area contributed by atoms with E-state index < -0.39 is 0 Å². The third-order valence-corrected chi connectivity index (χ3v) is 4.39. The van der Waals surface area contributed by atoms with Crippen LogP contribution in [0, 0.1) is 0 Å². The first-order valence-corrected chi connectivity index (χ1v) is 7.80. The molecule has 104 valence electrons. The van der Waals surface area contributed by atoms with Gasteiger partial charge in [0.2, 0.25) is 0 Å². The lowest BCUT2D eigenvalue weighted by atomic mass is 10.1. The van der Waals surface area contributed by atoms with Crippen molar-refractivity contribution < 1.29 is 9.47 Å². The van der Waals surface area contributed by atoms with E-state index in [1.54, 1.807) is 0 Å². The minimum absolute atomic E-state index is 0.267. The predicted octanol–water partition coefficient (Wildman–Crippen LogP) is 3.01. The molecule has 0 aromatic heterocycles. The van der Waals surface area contributed by atoms with Crippen molar-refractivity contribution in [2.45, 2.75) is 44.6 Å². The molecule has 1 unspecified atom stereocenters. The Hall–Kier alpha value is -0.420. The molecule has 1 aliphatic heterocycles. The van der Waals surface area contributed by atoms with E-state index in [1.165, 1.54) is 24.0 Å². The Morgan fingerprint density at radius 3 is 2.89 bits per heavy atom. The number of halogens is 1. The summed E-state index contributed by atoms with van der Waals surface area (Å²) in [6.45, 7) is 3.18. The lowest BCUT2D eigenvalue weighted by Crippen LogP contribution is -2.15. The van der Waals surface area contributed by atoms with Crippen LogP contribution in [-0.2, 0) is 22.6 Å². The maximum Gasteiger partial charge on any atom is 0.0835 e. The van der Waals surface area contributed by atoms with Gasteiger partial charge < -0.3 is 14.8 Å². The molecule has 1 aromatic rings. The lowest BCUT2D eigenvalue weighted by molar-refractivity contribution is 0.0315. The molecule has 19 heavy (non-hydrogen) atoms. The van der Waals surface area contributed by atoms with Crippen LogP contribution in [0.3, 0.4) is 0 Å². The molecule has 1 aliphatic carbocycles. The Bertz CT molecular complexity index is 428. The molecule has 2 aliphatic rings. The normalized spacial score (nSPS) is 22.9. The van der Waals surface area contributed by atoms with Crippen LogP contribution >= 0.6 is 15.9 Å². The van der Waals surface area contributed by atoms with E-state index in [9.17, 15) is 0 Å². The number of hydrogen-bond acceptors (Lipinski definition) is 3. The number of hydrogen-bond donors (Lipinski definition) is 1. The highest BCUT2D eigenvalue weighted by molar-refractivity contribution is 9.10. The second-order valence-electron chi connectivity index (χ2n) is 5.38. The zero-order valence-electron chi connectivity index (χ0n) is 11.0. The third kappa shape index (κ3) is 4.02. The van der Waals surface area contributed by atoms with E-state index >= 15 is 0 Å². The molecule has 4 heteroatoms. The fourth-order valence-corrected chi connectivity index (χ4v) is 2.76. The molecule has 1 N–H and O–H groups in total. The van der Waals surface area contributed by atoms with Crippen LogP contribution in [0.1, 0.15) is 30.4 Å². The number of ether oxygens (including phenoxy) is 2. The van der Waals surface area contributed by atoms with Crippen molar-refractivity contribution in [2.24, 2.45) is 0 Å². The van der Waals surface area contributed by atoms with Gasteiger partial charge in [0, 0.05) is 23.7 Å². The van der Waals surface area contributed by atoms with E-state index in [4.69, 9.17) is 9.47 Å². The van der Waals surface area contributed by atoms with Gasteiger partial charge in [-0.1, -0.05) is 28.1 Å². The Labute approximate surface area is 122 Å². The van der Waals surface area contributed by atoms with Gasteiger partial charge in [-0.25, -0.2) is 0 Å². The first-order chi connectivity index (χ1) is 9.31. The summed E-state index contributed by atoms with van der Waals surface area (Å²) in [5.41, 5.74) is 2.54. The Morgan fingerprint density at radius 1 is 1.32 bits per heavy atom. The zero-order chi connectivity index (χ0) is 13.1. The molecule has 0 amide bonds. The molecule has 2 fully saturated rings. The average Bonchev–Trinajstić information content (AvgIpc) is 3.10. The van der Waals surface area contributed by atoms with Gasteiger partial charge >= 0.3 is 0 Å². The van der Waals surface area contributed by atoms with Gasteiger partial charge in [0.15, 0.2) is 0 Å². The maximum absolute atomic E-state index is 5.85. The quantitative estimate of drug-likeness (QED) is 0.872. The van der Waals surface area contributed by atoms with Crippen LogP contribution in [0.4, 0.5) is 0 Å². The van der Waals surface area contributed by atoms with Gasteiger partial charge in [-0.05, 0) is 36.5 Å². The van der Waals surface area contributed by atoms with Crippen molar-refractivity contribution in [3.63, 3.8) is 0 Å². The third-order valence-electron chi connectivity index (χ3n) is 3.65. The van der Waals surface area contributed by atoms with Crippen LogP contribution in [0.2, 0.25) is 0 Å². The summed E-state index contributed by atoms with van der Waals surface area (Å²) in [4.78, 5) is 0. The van der Waals surface area contributed by atoms with Crippen molar-refractivity contribution in [1.29, 1.82) is 0 Å². The van der Waals surface area contributed by atoms with E-state index in [0.717, 1.165) is 36.7 Å². The minimum atomic E-state index is 0.267. The summed E-state index contributed by atoms with van der Waals surface area (Å²) in [5.74, 6) is 0. The van der Waals surface area contributed by atoms with Crippen molar-refractivity contribution in [3.8, 4) is 0 Å². The molecule has 1 atom stereocenters. The molecule has 0 spiro atoms. The zero-order valence-corrected chi connectivity index (χ0v) is 12.6. The fourth-order valence-electron chi connectivity index (χ4n) is 2.22. The Balaban J connectivity index is 1.52. The Kier molecular flexibility index (Phi) is 4.53. The first kappa shape index (κ1) is 13.6. The number of benzene rings is 1. The highest BCUT2D eigenvalue weighted by Crippen LogP contribution is 2.23. The fraction of sp³-hybridized carbons (Fsp3) is 0.600. The SMILES string of the molecule is Brc1cc(CNC2CC2)ccc1COC1CCOC1. The maximum atomic E-state index is 5.85. The number of rotatable bonds is 6. The summed E-state index contributed by atoms with van der Waals surface area (Å²) in [6.07, 6.45) is 3.94. The second-order valence-corrected chi connectivity index (χ2v) is 6.23. The van der Waals surface area contributed by atoms with Gasteiger partial charge in [-0.2, -0.15) is 0 Å². The summed E-state index contributed by atoms with van der Waals surface area (Å²) < 4.78 is 12.3. The lowest BCUT2D eigenvalue weighted by Gasteiger charge is -2.12. The van der Waals surface area contributed by atoms with Crippen LogP contribution in [0.5, 0.6) is 0 Å². The molecule has 1 saturated heterocycles. The predicted molar refractivity (Wildman–Crippen MR) is 78.0 cm³/mol. The van der Waals surface area contributed by atoms with Gasteiger partial charge in [0.05, 0.1) is 19.3 Å². The Morgan fingerprint density at radius 2 is 2.21 bits per heavy atom. The summed E-state index contributed by atoms with van der Waals surface area (Å²) in [6, 6.07) is 7.29. The summed E-state index contributed by atoms with van der Waals surface area (Å²) in [5, 5.41) is 3.53. The molecule has 3 rings (SSSR count). The smallest absolute Gasteiger partial charge is 0.0835 e. The van der Waals surface area contributed by atoms with Gasteiger partial charge in [-0.15, -0.1) is 0 Å². The van der Waals surface area contributed by atoms with Gasteiger partial charge in [-0.3, -0.25) is 0 Å². The molecule has 1 heterocycles. The van der Waals surface area contributed by atoms with E-state index in [-0.39, 0.29) is 6.10 Å². The minimum Gasteiger partial charge on any atom is -0.379 e. The average molecular weight is 326 g/mol. The molecule has 1 aromatic carbocycles. The van der Waals surface area contributed by atoms with Crippen molar-refractivity contribution >= 4 is 15.9 Å². The molecular formula is C15H20BrNO2. The second kappa shape index (κ2) is 6.35. The van der Waals surface area contributed by atoms with Crippen molar-refractivity contribution in [3.05, 3.63) is 33.8 Å². The number of nitrogens with one attached hydrogen (secondary N) is 1. The van der Waals surface area contributed by atoms with Crippen LogP contribution in [-0.4, -0.2) is 25.4 Å². The first-order valence-electron chi connectivity index (χ1n) is 7.01. The molecule has 3 nitrogen and oxygen atoms in total. The largest absolute Gasteiger partial charge is 0.379 e. The monoisotopic (exact) mass is 325 g/mol. The highest BCUT2D eigenvalue weighted by atomic mass is 79.9. The molecular weight excluding hydrogens is 306 g/mol. The molecule has 0 radical (unpaired) electrons. The van der Waals surface area contributed by atoms with Gasteiger partial charge in [0.1, 0.15) is 0 Å². The topological polar surface area (TPSA) is 30.5 Å². The van der Waals surface area contributed by atoms with Crippen LogP contribution < -0.4 is 5.32 Å². The van der Waals surface area contributed by atoms with E-state index in [0.29, 0.717) is 6.61 Å². The summed E-state index contributed by atoms with van der Waals surface area (Å²) >= 11 is 3.64. The van der Waals surface area contributed by atoms with E-state index in [1.807, 2.05) is 0 Å². The van der Waals surface area contributed by atoms with Crippen LogP contribution in [0.15, 0.2) is 22.7 Å². The highest BCUT2D eigenvalue weighted by Gasteiger charge is 2.20. The standard InChI is InChI=1S/C15H20BrNO2/c16-15-7-11(8-17-13-3-4-13)1-2-12(15)9-19-14-5-6-18-10-14/h1-2,7,13-14,17H,3-6,8-10H2. The van der Waals surface area contributed by atoms with Crippen LogP contribution in [0.25, 0.3) is 0 Å². The van der Waals surface area contributed by atoms with E-state index in [2.05, 4.69) is 39.4 Å². The molecule has 0 bridgehead atoms. The molecule has 1 saturated carbocycles. The van der Waals surface area contributed by atoms with Gasteiger partial charge in [0.25, 0.3) is 0 Å². The summed E-state index contributed by atoms with van der Waals surface area (Å²) in [7, 11) is 0. The van der Waals surface area contributed by atoms with Crippen molar-refractivity contribution in [2.75, 3.05) is 13.2 Å².